The molecule has 2 heterocycles. The minimum atomic E-state index is 0.474. The van der Waals surface area contributed by atoms with Gasteiger partial charge < -0.3 is 14.8 Å². The Labute approximate surface area is 143 Å². The molecule has 0 aliphatic carbocycles. The monoisotopic (exact) mass is 325 g/mol. The van der Waals surface area contributed by atoms with E-state index in [0.717, 1.165) is 19.6 Å². The van der Waals surface area contributed by atoms with Crippen LogP contribution in [0.2, 0.25) is 0 Å². The van der Waals surface area contributed by atoms with Crippen molar-refractivity contribution in [3.8, 4) is 0 Å². The van der Waals surface area contributed by atoms with Gasteiger partial charge in [0.1, 0.15) is 0 Å². The zero-order valence-corrected chi connectivity index (χ0v) is 16.0. The molecule has 0 bridgehead atoms. The Morgan fingerprint density at radius 3 is 2.35 bits per heavy atom. The molecule has 6 atom stereocenters. The molecule has 0 saturated carbocycles. The summed E-state index contributed by atoms with van der Waals surface area (Å²) in [6, 6.07) is 1.07. The molecule has 2 rings (SSSR count). The van der Waals surface area contributed by atoms with Crippen molar-refractivity contribution in [2.24, 2.45) is 17.8 Å². The van der Waals surface area contributed by atoms with Gasteiger partial charge in [-0.25, -0.2) is 0 Å². The Kier molecular flexibility index (Phi) is 7.84. The Bertz CT molecular complexity index is 334. The van der Waals surface area contributed by atoms with Gasteiger partial charge in [0.15, 0.2) is 0 Å². The first-order chi connectivity index (χ1) is 11.0. The molecule has 2 aliphatic heterocycles. The van der Waals surface area contributed by atoms with Gasteiger partial charge in [-0.1, -0.05) is 34.6 Å². The summed E-state index contributed by atoms with van der Waals surface area (Å²) in [7, 11) is 0. The van der Waals surface area contributed by atoms with Crippen molar-refractivity contribution in [2.75, 3.05) is 13.2 Å². The second kappa shape index (κ2) is 9.39. The first-order valence-corrected chi connectivity index (χ1v) is 10.0. The van der Waals surface area contributed by atoms with Gasteiger partial charge >= 0.3 is 0 Å². The van der Waals surface area contributed by atoms with E-state index >= 15 is 0 Å². The molecule has 3 heteroatoms. The third kappa shape index (κ3) is 5.72. The second-order valence-electron chi connectivity index (χ2n) is 8.34. The number of morpholine rings is 1. The van der Waals surface area contributed by atoms with Crippen LogP contribution in [0.25, 0.3) is 0 Å². The maximum Gasteiger partial charge on any atom is 0.0623 e. The molecule has 2 fully saturated rings. The van der Waals surface area contributed by atoms with E-state index < -0.39 is 0 Å². The maximum atomic E-state index is 6.38. The molecule has 0 radical (unpaired) electrons. The van der Waals surface area contributed by atoms with Crippen LogP contribution in [-0.2, 0) is 9.47 Å². The molecular weight excluding hydrogens is 286 g/mol. The summed E-state index contributed by atoms with van der Waals surface area (Å²) in [5.74, 6) is 2.00. The van der Waals surface area contributed by atoms with E-state index in [4.69, 9.17) is 9.47 Å². The molecule has 3 nitrogen and oxygen atoms in total. The van der Waals surface area contributed by atoms with E-state index in [-0.39, 0.29) is 0 Å². The predicted molar refractivity (Wildman–Crippen MR) is 96.7 cm³/mol. The minimum Gasteiger partial charge on any atom is -0.378 e. The summed E-state index contributed by atoms with van der Waals surface area (Å²) in [5, 5.41) is 3.77. The topological polar surface area (TPSA) is 30.5 Å². The lowest BCUT2D eigenvalue weighted by Crippen LogP contribution is -2.51. The lowest BCUT2D eigenvalue weighted by atomic mass is 9.86. The predicted octanol–water partition coefficient (Wildman–Crippen LogP) is 4.40. The van der Waals surface area contributed by atoms with Crippen LogP contribution in [-0.4, -0.2) is 37.5 Å². The van der Waals surface area contributed by atoms with Gasteiger partial charge in [-0.15, -0.1) is 0 Å². The lowest BCUT2D eigenvalue weighted by molar-refractivity contribution is -0.0944. The van der Waals surface area contributed by atoms with Crippen molar-refractivity contribution in [1.29, 1.82) is 0 Å². The fourth-order valence-corrected chi connectivity index (χ4v) is 4.00. The summed E-state index contributed by atoms with van der Waals surface area (Å²) in [5.41, 5.74) is 0. The maximum absolute atomic E-state index is 6.38. The Hall–Kier alpha value is -0.120. The molecule has 23 heavy (non-hydrogen) atoms. The van der Waals surface area contributed by atoms with Crippen molar-refractivity contribution in [1.82, 2.24) is 5.32 Å². The van der Waals surface area contributed by atoms with Crippen LogP contribution in [0.15, 0.2) is 0 Å². The minimum absolute atomic E-state index is 0.474. The summed E-state index contributed by atoms with van der Waals surface area (Å²) < 4.78 is 12.2. The number of rotatable bonds is 7. The summed E-state index contributed by atoms with van der Waals surface area (Å²) >= 11 is 0. The third-order valence-electron chi connectivity index (χ3n) is 6.03. The van der Waals surface area contributed by atoms with Gasteiger partial charge in [0.25, 0.3) is 0 Å². The fourth-order valence-electron chi connectivity index (χ4n) is 4.00. The fraction of sp³-hybridized carbons (Fsp3) is 1.00. The van der Waals surface area contributed by atoms with Crippen molar-refractivity contribution in [3.05, 3.63) is 0 Å². The van der Waals surface area contributed by atoms with E-state index in [2.05, 4.69) is 39.9 Å². The molecule has 1 N–H and O–H groups in total. The van der Waals surface area contributed by atoms with Crippen molar-refractivity contribution in [3.63, 3.8) is 0 Å². The zero-order valence-electron chi connectivity index (χ0n) is 16.0. The van der Waals surface area contributed by atoms with E-state index in [1.807, 2.05) is 0 Å². The summed E-state index contributed by atoms with van der Waals surface area (Å²) in [4.78, 5) is 0. The SMILES string of the molecule is CCC1COCC(C(C)CCC(C)C2CCCC(C(C)C)O2)N1. The highest BCUT2D eigenvalue weighted by Crippen LogP contribution is 2.31. The van der Waals surface area contributed by atoms with Crippen LogP contribution < -0.4 is 5.32 Å². The highest BCUT2D eigenvalue weighted by molar-refractivity contribution is 4.83. The summed E-state index contributed by atoms with van der Waals surface area (Å²) in [6.07, 6.45) is 8.49. The van der Waals surface area contributed by atoms with Gasteiger partial charge in [-0.05, 0) is 56.3 Å². The van der Waals surface area contributed by atoms with Crippen LogP contribution in [0.1, 0.15) is 73.1 Å². The highest BCUT2D eigenvalue weighted by Gasteiger charge is 2.30. The number of nitrogens with one attached hydrogen (secondary N) is 1. The molecule has 0 spiro atoms. The van der Waals surface area contributed by atoms with Crippen LogP contribution >= 0.6 is 0 Å². The molecule has 0 aromatic carbocycles. The molecule has 136 valence electrons. The van der Waals surface area contributed by atoms with Crippen LogP contribution in [0.4, 0.5) is 0 Å². The quantitative estimate of drug-likeness (QED) is 0.752. The van der Waals surface area contributed by atoms with E-state index in [1.54, 1.807) is 0 Å². The van der Waals surface area contributed by atoms with Gasteiger partial charge in [-0.3, -0.25) is 0 Å². The smallest absolute Gasteiger partial charge is 0.0623 e. The second-order valence-corrected chi connectivity index (χ2v) is 8.34. The van der Waals surface area contributed by atoms with Crippen molar-refractivity contribution < 1.29 is 9.47 Å². The zero-order chi connectivity index (χ0) is 16.8. The summed E-state index contributed by atoms with van der Waals surface area (Å²) in [6.45, 7) is 13.3. The van der Waals surface area contributed by atoms with Crippen molar-refractivity contribution in [2.45, 2.75) is 97.4 Å². The molecule has 2 saturated heterocycles. The van der Waals surface area contributed by atoms with E-state index in [1.165, 1.54) is 32.1 Å². The average Bonchev–Trinajstić information content (AvgIpc) is 2.59. The molecule has 6 unspecified atom stereocenters. The lowest BCUT2D eigenvalue weighted by Gasteiger charge is -2.37. The molecular formula is C20H39NO2. The normalized spacial score (nSPS) is 35.2. The van der Waals surface area contributed by atoms with Crippen LogP contribution in [0.5, 0.6) is 0 Å². The average molecular weight is 326 g/mol. The third-order valence-corrected chi connectivity index (χ3v) is 6.03. The molecule has 0 amide bonds. The standard InChI is InChI=1S/C20H39NO2/c1-6-17-12-22-13-18(21-17)15(4)10-11-16(5)20-9-7-8-19(23-20)14(2)3/h14-21H,6-13H2,1-5H3. The molecule has 2 aliphatic rings. The highest BCUT2D eigenvalue weighted by atomic mass is 16.5. The van der Waals surface area contributed by atoms with Gasteiger partial charge in [0.05, 0.1) is 25.4 Å². The van der Waals surface area contributed by atoms with Crippen LogP contribution in [0, 0.1) is 17.8 Å². The number of ether oxygens (including phenoxy) is 2. The number of hydrogen-bond donors (Lipinski definition) is 1. The van der Waals surface area contributed by atoms with Gasteiger partial charge in [0.2, 0.25) is 0 Å². The Balaban J connectivity index is 1.73. The first kappa shape index (κ1) is 19.2. The largest absolute Gasteiger partial charge is 0.378 e. The van der Waals surface area contributed by atoms with E-state index in [9.17, 15) is 0 Å². The van der Waals surface area contributed by atoms with E-state index in [0.29, 0.717) is 42.0 Å². The van der Waals surface area contributed by atoms with Crippen molar-refractivity contribution >= 4 is 0 Å². The number of hydrogen-bond acceptors (Lipinski definition) is 3. The molecule has 0 aromatic rings. The van der Waals surface area contributed by atoms with Crippen LogP contribution in [0.3, 0.4) is 0 Å². The van der Waals surface area contributed by atoms with Gasteiger partial charge in [-0.2, -0.15) is 0 Å². The van der Waals surface area contributed by atoms with Gasteiger partial charge in [0, 0.05) is 12.1 Å². The first-order valence-electron chi connectivity index (χ1n) is 10.0. The molecule has 0 aromatic heterocycles. The Morgan fingerprint density at radius 2 is 1.65 bits per heavy atom. The Morgan fingerprint density at radius 1 is 0.957 bits per heavy atom.